The summed E-state index contributed by atoms with van der Waals surface area (Å²) in [4.78, 5) is 0. The Balaban J connectivity index is 0. The third-order valence-corrected chi connectivity index (χ3v) is 0.575. The van der Waals surface area contributed by atoms with Crippen LogP contribution in [-0.2, 0) is 20.4 Å². The van der Waals surface area contributed by atoms with E-state index in [1.807, 2.05) is 12.2 Å². The molecule has 1 heteroatoms. The van der Waals surface area contributed by atoms with E-state index in [0.717, 1.165) is 12.8 Å². The Labute approximate surface area is 59.0 Å². The van der Waals surface area contributed by atoms with Gasteiger partial charge in [-0.15, -0.1) is 13.2 Å². The molecular weight excluding hydrogens is 178 g/mol. The van der Waals surface area contributed by atoms with Gasteiger partial charge in [-0.05, 0) is 12.8 Å². The second-order valence-electron chi connectivity index (χ2n) is 1.15. The van der Waals surface area contributed by atoms with Gasteiger partial charge in [0.05, 0.1) is 0 Å². The van der Waals surface area contributed by atoms with E-state index in [1.165, 1.54) is 0 Å². The molecule has 0 atom stereocenters. The van der Waals surface area contributed by atoms with Gasteiger partial charge in [-0.3, -0.25) is 0 Å². The molecule has 0 aromatic rings. The number of hydrogen-bond acceptors (Lipinski definition) is 0. The van der Waals surface area contributed by atoms with Crippen molar-refractivity contribution >= 4 is 0 Å². The molecule has 0 amide bonds. The fourth-order valence-corrected chi connectivity index (χ4v) is 0.236. The van der Waals surface area contributed by atoms with Gasteiger partial charge in [-0.2, -0.15) is 0 Å². The Morgan fingerprint density at radius 2 is 1.29 bits per heavy atom. The Morgan fingerprint density at radius 3 is 1.43 bits per heavy atom. The summed E-state index contributed by atoms with van der Waals surface area (Å²) in [6.07, 6.45) is 5.90. The molecular formula is C6H10Pd. The monoisotopic (exact) mass is 188 g/mol. The van der Waals surface area contributed by atoms with E-state index in [2.05, 4.69) is 13.2 Å². The summed E-state index contributed by atoms with van der Waals surface area (Å²) in [5, 5.41) is 0. The minimum atomic E-state index is 0. The Hall–Kier alpha value is 0.142. The second kappa shape index (κ2) is 9.47. The molecule has 0 aliphatic rings. The zero-order valence-electron chi connectivity index (χ0n) is 4.30. The van der Waals surface area contributed by atoms with Crippen molar-refractivity contribution in [2.45, 2.75) is 12.8 Å². The smallest absolute Gasteiger partial charge is 0 e. The predicted molar refractivity (Wildman–Crippen MR) is 29.6 cm³/mol. The molecule has 0 radical (unpaired) electrons. The second-order valence-corrected chi connectivity index (χ2v) is 1.15. The molecule has 7 heavy (non-hydrogen) atoms. The van der Waals surface area contributed by atoms with Crippen molar-refractivity contribution in [2.75, 3.05) is 0 Å². The largest absolute Gasteiger partial charge is 0.103 e. The normalized spacial score (nSPS) is 6.29. The standard InChI is InChI=1S/C6H10.Pd/c1-3-5-6-4-2;/h3-4H,1-2,5-6H2;. The van der Waals surface area contributed by atoms with Crippen LogP contribution in [0.1, 0.15) is 12.8 Å². The molecule has 0 N–H and O–H groups in total. The third kappa shape index (κ3) is 10.7. The summed E-state index contributed by atoms with van der Waals surface area (Å²) >= 11 is 0. The van der Waals surface area contributed by atoms with E-state index in [1.54, 1.807) is 0 Å². The van der Waals surface area contributed by atoms with E-state index < -0.39 is 0 Å². The van der Waals surface area contributed by atoms with Gasteiger partial charge < -0.3 is 0 Å². The summed E-state index contributed by atoms with van der Waals surface area (Å²) in [5.74, 6) is 0. The number of rotatable bonds is 3. The van der Waals surface area contributed by atoms with Gasteiger partial charge in [0.2, 0.25) is 0 Å². The van der Waals surface area contributed by atoms with Crippen LogP contribution in [-0.4, -0.2) is 0 Å². The topological polar surface area (TPSA) is 0 Å². The van der Waals surface area contributed by atoms with Crippen LogP contribution >= 0.6 is 0 Å². The summed E-state index contributed by atoms with van der Waals surface area (Å²) in [7, 11) is 0. The Kier molecular flexibility index (Phi) is 13.8. The van der Waals surface area contributed by atoms with Crippen LogP contribution in [0.5, 0.6) is 0 Å². The minimum Gasteiger partial charge on any atom is -0.103 e. The molecule has 0 aromatic carbocycles. The van der Waals surface area contributed by atoms with Gasteiger partial charge in [0, 0.05) is 20.4 Å². The molecule has 0 bridgehead atoms. The first-order chi connectivity index (χ1) is 2.91. The van der Waals surface area contributed by atoms with Crippen molar-refractivity contribution in [1.29, 1.82) is 0 Å². The van der Waals surface area contributed by atoms with Crippen molar-refractivity contribution in [1.82, 2.24) is 0 Å². The van der Waals surface area contributed by atoms with Crippen molar-refractivity contribution in [3.8, 4) is 0 Å². The summed E-state index contributed by atoms with van der Waals surface area (Å²) < 4.78 is 0. The van der Waals surface area contributed by atoms with E-state index in [4.69, 9.17) is 0 Å². The Bertz CT molecular complexity index is 40.1. The molecule has 0 heterocycles. The average Bonchev–Trinajstić information content (AvgIpc) is 1.61. The van der Waals surface area contributed by atoms with Gasteiger partial charge in [0.25, 0.3) is 0 Å². The molecule has 0 aliphatic heterocycles. The SMILES string of the molecule is C=CCCC=C.[Pd]. The molecule has 0 rings (SSSR count). The van der Waals surface area contributed by atoms with Crippen molar-refractivity contribution in [3.05, 3.63) is 25.3 Å². The first-order valence-electron chi connectivity index (χ1n) is 2.13. The maximum absolute atomic E-state index is 3.55. The van der Waals surface area contributed by atoms with Gasteiger partial charge >= 0.3 is 0 Å². The average molecular weight is 189 g/mol. The van der Waals surface area contributed by atoms with Crippen LogP contribution in [0.3, 0.4) is 0 Å². The van der Waals surface area contributed by atoms with Crippen molar-refractivity contribution < 1.29 is 20.4 Å². The Morgan fingerprint density at radius 1 is 1.00 bits per heavy atom. The number of unbranched alkanes of at least 4 members (excludes halogenated alkanes) is 1. The first kappa shape index (κ1) is 10.2. The minimum absolute atomic E-state index is 0. The summed E-state index contributed by atoms with van der Waals surface area (Å²) in [5.41, 5.74) is 0. The van der Waals surface area contributed by atoms with Gasteiger partial charge in [0.1, 0.15) is 0 Å². The maximum Gasteiger partial charge on any atom is 0 e. The number of hydrogen-bond donors (Lipinski definition) is 0. The van der Waals surface area contributed by atoms with Crippen LogP contribution in [0.2, 0.25) is 0 Å². The van der Waals surface area contributed by atoms with Crippen LogP contribution in [0.15, 0.2) is 25.3 Å². The van der Waals surface area contributed by atoms with Crippen molar-refractivity contribution in [3.63, 3.8) is 0 Å². The third-order valence-electron chi connectivity index (χ3n) is 0.575. The zero-order valence-corrected chi connectivity index (χ0v) is 5.85. The zero-order chi connectivity index (χ0) is 4.83. The molecule has 0 aromatic heterocycles. The molecule has 0 saturated carbocycles. The van der Waals surface area contributed by atoms with E-state index in [9.17, 15) is 0 Å². The van der Waals surface area contributed by atoms with Crippen LogP contribution < -0.4 is 0 Å². The van der Waals surface area contributed by atoms with Gasteiger partial charge in [0.15, 0.2) is 0 Å². The quantitative estimate of drug-likeness (QED) is 0.362. The van der Waals surface area contributed by atoms with E-state index in [-0.39, 0.29) is 20.4 Å². The first-order valence-corrected chi connectivity index (χ1v) is 2.13. The van der Waals surface area contributed by atoms with Gasteiger partial charge in [-0.1, -0.05) is 12.2 Å². The van der Waals surface area contributed by atoms with E-state index in [0.29, 0.717) is 0 Å². The van der Waals surface area contributed by atoms with Crippen molar-refractivity contribution in [2.24, 2.45) is 0 Å². The van der Waals surface area contributed by atoms with E-state index >= 15 is 0 Å². The maximum atomic E-state index is 3.55. The summed E-state index contributed by atoms with van der Waals surface area (Å²) in [6, 6.07) is 0. The van der Waals surface area contributed by atoms with Crippen LogP contribution in [0.4, 0.5) is 0 Å². The molecule has 0 spiro atoms. The molecule has 44 valence electrons. The fraction of sp³-hybridized carbons (Fsp3) is 0.333. The number of allylic oxidation sites excluding steroid dienone is 2. The predicted octanol–water partition coefficient (Wildman–Crippen LogP) is 2.14. The van der Waals surface area contributed by atoms with Crippen LogP contribution in [0.25, 0.3) is 0 Å². The fourth-order valence-electron chi connectivity index (χ4n) is 0.236. The van der Waals surface area contributed by atoms with Crippen LogP contribution in [0, 0.1) is 0 Å². The molecule has 0 fully saturated rings. The van der Waals surface area contributed by atoms with Gasteiger partial charge in [-0.25, -0.2) is 0 Å². The summed E-state index contributed by atoms with van der Waals surface area (Å²) in [6.45, 7) is 7.10. The molecule has 0 saturated heterocycles. The molecule has 0 nitrogen and oxygen atoms in total. The molecule has 0 aliphatic carbocycles. The molecule has 0 unspecified atom stereocenters.